The van der Waals surface area contributed by atoms with E-state index in [0.29, 0.717) is 17.9 Å². The van der Waals surface area contributed by atoms with Gasteiger partial charge in [-0.3, -0.25) is 9.36 Å². The van der Waals surface area contributed by atoms with Crippen LogP contribution in [0.5, 0.6) is 0 Å². The molecule has 0 aliphatic heterocycles. The van der Waals surface area contributed by atoms with Crippen LogP contribution >= 0.6 is 11.8 Å². The van der Waals surface area contributed by atoms with Crippen molar-refractivity contribution in [3.8, 4) is 5.82 Å². The first-order valence-corrected chi connectivity index (χ1v) is 9.20. The van der Waals surface area contributed by atoms with Gasteiger partial charge >= 0.3 is 0 Å². The molecule has 0 N–H and O–H groups in total. The van der Waals surface area contributed by atoms with Crippen molar-refractivity contribution < 1.29 is 9.32 Å². The van der Waals surface area contributed by atoms with Gasteiger partial charge in [0.05, 0.1) is 5.75 Å². The van der Waals surface area contributed by atoms with Crippen molar-refractivity contribution in [2.24, 2.45) is 0 Å². The van der Waals surface area contributed by atoms with E-state index in [9.17, 15) is 4.79 Å². The number of ketones is 1. The van der Waals surface area contributed by atoms with Crippen LogP contribution in [0.2, 0.25) is 0 Å². The van der Waals surface area contributed by atoms with Crippen LogP contribution < -0.4 is 0 Å². The number of Topliss-reactive ketones (excluding diaryl/α,β-unsaturated/α-hetero) is 1. The first-order chi connectivity index (χ1) is 12.4. The molecule has 0 aromatic carbocycles. The van der Waals surface area contributed by atoms with E-state index < -0.39 is 0 Å². The Balaban J connectivity index is 1.80. The number of aromatic nitrogens is 5. The summed E-state index contributed by atoms with van der Waals surface area (Å²) in [6.45, 7) is 12.0. The van der Waals surface area contributed by atoms with Crippen molar-refractivity contribution in [1.82, 2.24) is 24.5 Å². The third-order valence-electron chi connectivity index (χ3n) is 4.12. The van der Waals surface area contributed by atoms with E-state index in [1.807, 2.05) is 49.0 Å². The van der Waals surface area contributed by atoms with Crippen LogP contribution in [0.1, 0.15) is 33.3 Å². The Bertz CT molecular complexity index is 967. The third-order valence-corrected chi connectivity index (χ3v) is 5.09. The molecule has 0 aliphatic carbocycles. The van der Waals surface area contributed by atoms with Gasteiger partial charge in [0.2, 0.25) is 0 Å². The van der Waals surface area contributed by atoms with Gasteiger partial charge in [0, 0.05) is 29.6 Å². The highest BCUT2D eigenvalue weighted by molar-refractivity contribution is 7.99. The summed E-state index contributed by atoms with van der Waals surface area (Å²) in [5, 5.41) is 13.0. The highest BCUT2D eigenvalue weighted by Crippen LogP contribution is 2.24. The Kier molecular flexibility index (Phi) is 5.13. The van der Waals surface area contributed by atoms with E-state index in [0.717, 1.165) is 28.1 Å². The van der Waals surface area contributed by atoms with Crippen molar-refractivity contribution in [2.45, 2.75) is 39.4 Å². The minimum absolute atomic E-state index is 0.0420. The molecule has 0 saturated heterocycles. The van der Waals surface area contributed by atoms with Crippen molar-refractivity contribution >= 4 is 17.5 Å². The number of allylic oxidation sites excluding steroid dienone is 1. The second-order valence-electron chi connectivity index (χ2n) is 6.06. The zero-order valence-electron chi connectivity index (χ0n) is 15.3. The number of carbonyl (C=O) groups is 1. The molecule has 0 radical (unpaired) electrons. The lowest BCUT2D eigenvalue weighted by Crippen LogP contribution is -2.07. The summed E-state index contributed by atoms with van der Waals surface area (Å²) in [5.41, 5.74) is 2.47. The maximum atomic E-state index is 12.8. The number of thioether (sulfide) groups is 1. The van der Waals surface area contributed by atoms with Gasteiger partial charge < -0.3 is 9.09 Å². The molecule has 136 valence electrons. The molecule has 0 bridgehead atoms. The van der Waals surface area contributed by atoms with E-state index in [2.05, 4.69) is 21.9 Å². The molecule has 3 heterocycles. The first kappa shape index (κ1) is 18.2. The molecule has 0 fully saturated rings. The van der Waals surface area contributed by atoms with Gasteiger partial charge in [-0.25, -0.2) is 0 Å². The minimum atomic E-state index is 0.0420. The van der Waals surface area contributed by atoms with E-state index in [-0.39, 0.29) is 11.5 Å². The summed E-state index contributed by atoms with van der Waals surface area (Å²) in [6, 6.07) is 3.74. The topological polar surface area (TPSA) is 78.7 Å². The quantitative estimate of drug-likeness (QED) is 0.360. The molecular weight excluding hydrogens is 350 g/mol. The molecule has 7 nitrogen and oxygen atoms in total. The third kappa shape index (κ3) is 3.37. The highest BCUT2D eigenvalue weighted by atomic mass is 32.2. The van der Waals surface area contributed by atoms with Crippen molar-refractivity contribution in [3.63, 3.8) is 0 Å². The van der Waals surface area contributed by atoms with Gasteiger partial charge in [0.25, 0.3) is 0 Å². The summed E-state index contributed by atoms with van der Waals surface area (Å²) in [7, 11) is 0. The minimum Gasteiger partial charge on any atom is -0.360 e. The Morgan fingerprint density at radius 1 is 1.27 bits per heavy atom. The van der Waals surface area contributed by atoms with Crippen LogP contribution in [0.15, 0.2) is 34.5 Å². The Morgan fingerprint density at radius 3 is 2.69 bits per heavy atom. The lowest BCUT2D eigenvalue weighted by molar-refractivity contribution is 0.102. The fourth-order valence-electron chi connectivity index (χ4n) is 2.87. The number of hydrogen-bond donors (Lipinski definition) is 0. The molecule has 0 atom stereocenters. The molecule has 0 unspecified atom stereocenters. The monoisotopic (exact) mass is 371 g/mol. The molecule has 26 heavy (non-hydrogen) atoms. The van der Waals surface area contributed by atoms with Crippen LogP contribution in [0.25, 0.3) is 5.82 Å². The lowest BCUT2D eigenvalue weighted by atomic mass is 10.2. The van der Waals surface area contributed by atoms with Gasteiger partial charge in [0.15, 0.2) is 16.8 Å². The zero-order chi connectivity index (χ0) is 18.8. The SMILES string of the molecule is C=CCn1c(C)nnc1SCC(=O)c1cc(C)n(-c2cc(C)on2)c1C. The number of aryl methyl sites for hydroxylation is 3. The smallest absolute Gasteiger partial charge is 0.191 e. The second kappa shape index (κ2) is 7.33. The summed E-state index contributed by atoms with van der Waals surface area (Å²) >= 11 is 1.38. The molecule has 3 aromatic rings. The average Bonchev–Trinajstić information content (AvgIpc) is 3.25. The number of hydrogen-bond acceptors (Lipinski definition) is 6. The predicted molar refractivity (Wildman–Crippen MR) is 100 cm³/mol. The Hall–Kier alpha value is -2.61. The van der Waals surface area contributed by atoms with Gasteiger partial charge in [-0.05, 0) is 33.8 Å². The summed E-state index contributed by atoms with van der Waals surface area (Å²) in [5.74, 6) is 2.55. The normalized spacial score (nSPS) is 11.1. The fourth-order valence-corrected chi connectivity index (χ4v) is 3.75. The molecule has 0 saturated carbocycles. The number of rotatable bonds is 7. The highest BCUT2D eigenvalue weighted by Gasteiger charge is 2.19. The predicted octanol–water partition coefficient (Wildman–Crippen LogP) is 3.45. The lowest BCUT2D eigenvalue weighted by Gasteiger charge is -2.06. The molecule has 8 heteroatoms. The summed E-state index contributed by atoms with van der Waals surface area (Å²) in [6.07, 6.45) is 1.79. The first-order valence-electron chi connectivity index (χ1n) is 8.21. The van der Waals surface area contributed by atoms with Crippen LogP contribution in [0, 0.1) is 27.7 Å². The van der Waals surface area contributed by atoms with Gasteiger partial charge in [-0.15, -0.1) is 16.8 Å². The maximum absolute atomic E-state index is 12.8. The van der Waals surface area contributed by atoms with Gasteiger partial charge in [-0.2, -0.15) is 0 Å². The van der Waals surface area contributed by atoms with Crippen LogP contribution in [-0.2, 0) is 6.54 Å². The van der Waals surface area contributed by atoms with E-state index in [1.165, 1.54) is 11.8 Å². The zero-order valence-corrected chi connectivity index (χ0v) is 16.1. The average molecular weight is 371 g/mol. The van der Waals surface area contributed by atoms with Crippen molar-refractivity contribution in [3.05, 3.63) is 53.3 Å². The Labute approximate surface area is 156 Å². The maximum Gasteiger partial charge on any atom is 0.191 e. The second-order valence-corrected chi connectivity index (χ2v) is 7.00. The standard InChI is InChI=1S/C18H21N5O2S/c1-6-7-22-14(5)19-20-18(22)26-10-16(24)15-8-11(2)23(13(15)4)17-9-12(3)25-21-17/h6,8-9H,1,7,10H2,2-5H3. The molecule has 0 aliphatic rings. The van der Waals surface area contributed by atoms with Crippen LogP contribution in [0.4, 0.5) is 0 Å². The molecule has 0 spiro atoms. The number of nitrogens with zero attached hydrogens (tertiary/aromatic N) is 5. The number of carbonyl (C=O) groups excluding carboxylic acids is 1. The van der Waals surface area contributed by atoms with Crippen molar-refractivity contribution in [1.29, 1.82) is 0 Å². The molecule has 3 aromatic heterocycles. The summed E-state index contributed by atoms with van der Waals surface area (Å²) in [4.78, 5) is 12.8. The van der Waals surface area contributed by atoms with Gasteiger partial charge in [0.1, 0.15) is 11.6 Å². The van der Waals surface area contributed by atoms with Crippen molar-refractivity contribution in [2.75, 3.05) is 5.75 Å². The summed E-state index contributed by atoms with van der Waals surface area (Å²) < 4.78 is 9.02. The Morgan fingerprint density at radius 2 is 2.04 bits per heavy atom. The largest absolute Gasteiger partial charge is 0.360 e. The van der Waals surface area contributed by atoms with E-state index in [4.69, 9.17) is 4.52 Å². The van der Waals surface area contributed by atoms with E-state index in [1.54, 1.807) is 6.08 Å². The fraction of sp³-hybridized carbons (Fsp3) is 0.333. The molecule has 3 rings (SSSR count). The molecular formula is C18H21N5O2S. The van der Waals surface area contributed by atoms with E-state index >= 15 is 0 Å². The molecule has 0 amide bonds. The van der Waals surface area contributed by atoms with Gasteiger partial charge in [-0.1, -0.05) is 23.0 Å². The van der Waals surface area contributed by atoms with Crippen LogP contribution in [-0.4, -0.2) is 36.0 Å². The van der Waals surface area contributed by atoms with Crippen LogP contribution in [0.3, 0.4) is 0 Å².